The first kappa shape index (κ1) is 17.7. The predicted octanol–water partition coefficient (Wildman–Crippen LogP) is 4.19. The minimum Gasteiger partial charge on any atom is -0.463 e. The van der Waals surface area contributed by atoms with E-state index in [-0.39, 0.29) is 12.6 Å². The first-order valence-corrected chi connectivity index (χ1v) is 8.09. The summed E-state index contributed by atoms with van der Waals surface area (Å²) in [5.74, 6) is -0.211. The lowest BCUT2D eigenvalue weighted by Gasteiger charge is -2.12. The molecule has 21 heavy (non-hydrogen) atoms. The average Bonchev–Trinajstić information content (AvgIpc) is 2.52. The van der Waals surface area contributed by atoms with Crippen LogP contribution in [0.15, 0.2) is 24.3 Å². The number of aliphatic hydroxyl groups excluding tert-OH is 1. The zero-order chi connectivity index (χ0) is 15.5. The maximum atomic E-state index is 11.6. The molecule has 0 amide bonds. The number of aliphatic hydroxyl groups is 1. The summed E-state index contributed by atoms with van der Waals surface area (Å²) in [5, 5.41) is 10.1. The Morgan fingerprint density at radius 3 is 2.67 bits per heavy atom. The van der Waals surface area contributed by atoms with Crippen molar-refractivity contribution in [3.63, 3.8) is 0 Å². The summed E-state index contributed by atoms with van der Waals surface area (Å²) < 4.78 is 5.15. The van der Waals surface area contributed by atoms with Crippen molar-refractivity contribution in [1.82, 2.24) is 0 Å². The third-order valence-electron chi connectivity index (χ3n) is 3.63. The maximum absolute atomic E-state index is 11.6. The first-order chi connectivity index (χ1) is 10.2. The summed E-state index contributed by atoms with van der Waals surface area (Å²) >= 11 is 0. The Morgan fingerprint density at radius 1 is 1.19 bits per heavy atom. The Bertz CT molecular complexity index is 415. The van der Waals surface area contributed by atoms with E-state index in [9.17, 15) is 9.90 Å². The van der Waals surface area contributed by atoms with Crippen LogP contribution in [0.5, 0.6) is 0 Å². The van der Waals surface area contributed by atoms with E-state index in [2.05, 4.69) is 13.8 Å². The van der Waals surface area contributed by atoms with Crippen LogP contribution in [0.1, 0.15) is 69.6 Å². The number of esters is 1. The highest BCUT2D eigenvalue weighted by atomic mass is 16.5. The molecule has 0 bridgehead atoms. The average molecular weight is 292 g/mol. The van der Waals surface area contributed by atoms with Crippen LogP contribution in [-0.4, -0.2) is 17.7 Å². The molecule has 0 aliphatic carbocycles. The summed E-state index contributed by atoms with van der Waals surface area (Å²) in [6.45, 7) is 4.29. The number of unbranched alkanes of at least 4 members (excludes halogenated alkanes) is 4. The third-order valence-corrected chi connectivity index (χ3v) is 3.63. The number of hydrogen-bond donors (Lipinski definition) is 1. The zero-order valence-electron chi connectivity index (χ0n) is 13.3. The fraction of sp³-hybridized carbons (Fsp3) is 0.611. The molecule has 1 aromatic carbocycles. The number of ether oxygens (including phenoxy) is 1. The molecule has 1 unspecified atom stereocenters. The standard InChI is InChI=1S/C18H28O3/c1-3-5-6-7-8-12-18(20)21-14-17(19)16-11-9-10-15(4-2)13-16/h9-11,13,17,19H,3-8,12,14H2,1-2H3. The van der Waals surface area contributed by atoms with Crippen molar-refractivity contribution in [1.29, 1.82) is 0 Å². The molecule has 0 heterocycles. The van der Waals surface area contributed by atoms with Crippen LogP contribution in [0.4, 0.5) is 0 Å². The first-order valence-electron chi connectivity index (χ1n) is 8.09. The summed E-state index contributed by atoms with van der Waals surface area (Å²) in [6, 6.07) is 7.77. The van der Waals surface area contributed by atoms with E-state index in [0.717, 1.165) is 24.8 Å². The second-order valence-corrected chi connectivity index (χ2v) is 5.46. The number of carbonyl (C=O) groups is 1. The molecular formula is C18H28O3. The third kappa shape index (κ3) is 7.28. The maximum Gasteiger partial charge on any atom is 0.305 e. The van der Waals surface area contributed by atoms with Crippen LogP contribution in [0.3, 0.4) is 0 Å². The number of rotatable bonds is 10. The molecule has 0 fully saturated rings. The lowest BCUT2D eigenvalue weighted by Crippen LogP contribution is -2.12. The van der Waals surface area contributed by atoms with Crippen molar-refractivity contribution in [2.75, 3.05) is 6.61 Å². The van der Waals surface area contributed by atoms with Gasteiger partial charge in [0.05, 0.1) is 0 Å². The van der Waals surface area contributed by atoms with Gasteiger partial charge >= 0.3 is 5.97 Å². The van der Waals surface area contributed by atoms with Crippen LogP contribution in [0.2, 0.25) is 0 Å². The normalized spacial score (nSPS) is 12.1. The monoisotopic (exact) mass is 292 g/mol. The van der Waals surface area contributed by atoms with Gasteiger partial charge in [-0.15, -0.1) is 0 Å². The SMILES string of the molecule is CCCCCCCC(=O)OCC(O)c1cccc(CC)c1. The van der Waals surface area contributed by atoms with Gasteiger partial charge in [0.2, 0.25) is 0 Å². The molecule has 0 aromatic heterocycles. The largest absolute Gasteiger partial charge is 0.463 e. The number of benzene rings is 1. The van der Waals surface area contributed by atoms with E-state index < -0.39 is 6.10 Å². The van der Waals surface area contributed by atoms with E-state index in [0.29, 0.717) is 6.42 Å². The van der Waals surface area contributed by atoms with Crippen molar-refractivity contribution < 1.29 is 14.6 Å². The second-order valence-electron chi connectivity index (χ2n) is 5.46. The van der Waals surface area contributed by atoms with Gasteiger partial charge in [0.15, 0.2) is 0 Å². The van der Waals surface area contributed by atoms with E-state index in [4.69, 9.17) is 4.74 Å². The quantitative estimate of drug-likeness (QED) is 0.519. The van der Waals surface area contributed by atoms with Crippen molar-refractivity contribution in [3.05, 3.63) is 35.4 Å². The molecule has 3 nitrogen and oxygen atoms in total. The summed E-state index contributed by atoms with van der Waals surface area (Å²) in [5.41, 5.74) is 1.99. The van der Waals surface area contributed by atoms with Gasteiger partial charge in [0.1, 0.15) is 12.7 Å². The van der Waals surface area contributed by atoms with Crippen molar-refractivity contribution in [2.24, 2.45) is 0 Å². The minimum atomic E-state index is -0.736. The molecule has 1 aromatic rings. The molecular weight excluding hydrogens is 264 g/mol. The van der Waals surface area contributed by atoms with Crippen LogP contribution >= 0.6 is 0 Å². The van der Waals surface area contributed by atoms with E-state index in [1.54, 1.807) is 0 Å². The summed E-state index contributed by atoms with van der Waals surface area (Å²) in [7, 11) is 0. The van der Waals surface area contributed by atoms with Gasteiger partial charge in [0, 0.05) is 6.42 Å². The summed E-state index contributed by atoms with van der Waals surface area (Å²) in [6.07, 6.45) is 6.19. The van der Waals surface area contributed by atoms with Crippen molar-refractivity contribution in [2.45, 2.75) is 64.9 Å². The molecule has 0 spiro atoms. The number of hydrogen-bond acceptors (Lipinski definition) is 3. The lowest BCUT2D eigenvalue weighted by molar-refractivity contribution is -0.146. The molecule has 0 saturated carbocycles. The molecule has 0 aliphatic heterocycles. The van der Waals surface area contributed by atoms with Crippen LogP contribution in [0.25, 0.3) is 0 Å². The topological polar surface area (TPSA) is 46.5 Å². The fourth-order valence-electron chi connectivity index (χ4n) is 2.23. The summed E-state index contributed by atoms with van der Waals surface area (Å²) in [4.78, 5) is 11.6. The molecule has 0 aliphatic rings. The smallest absolute Gasteiger partial charge is 0.305 e. The van der Waals surface area contributed by atoms with Gasteiger partial charge in [0.25, 0.3) is 0 Å². The molecule has 0 radical (unpaired) electrons. The Kier molecular flexibility index (Phi) is 8.76. The van der Waals surface area contributed by atoms with Gasteiger partial charge in [-0.25, -0.2) is 0 Å². The van der Waals surface area contributed by atoms with Gasteiger partial charge in [-0.05, 0) is 24.0 Å². The van der Waals surface area contributed by atoms with E-state index >= 15 is 0 Å². The van der Waals surface area contributed by atoms with Crippen molar-refractivity contribution >= 4 is 5.97 Å². The Balaban J connectivity index is 2.25. The van der Waals surface area contributed by atoms with Crippen molar-refractivity contribution in [3.8, 4) is 0 Å². The fourth-order valence-corrected chi connectivity index (χ4v) is 2.23. The van der Waals surface area contributed by atoms with Gasteiger partial charge in [-0.3, -0.25) is 4.79 Å². The Hall–Kier alpha value is -1.35. The highest BCUT2D eigenvalue weighted by Crippen LogP contribution is 2.16. The Labute approximate surface area is 128 Å². The predicted molar refractivity (Wildman–Crippen MR) is 85.1 cm³/mol. The van der Waals surface area contributed by atoms with Gasteiger partial charge < -0.3 is 9.84 Å². The van der Waals surface area contributed by atoms with E-state index in [1.807, 2.05) is 24.3 Å². The van der Waals surface area contributed by atoms with Gasteiger partial charge in [-0.1, -0.05) is 63.8 Å². The van der Waals surface area contributed by atoms with E-state index in [1.165, 1.54) is 24.8 Å². The molecule has 0 saturated heterocycles. The van der Waals surface area contributed by atoms with Crippen LogP contribution in [-0.2, 0) is 16.0 Å². The van der Waals surface area contributed by atoms with Crippen LogP contribution < -0.4 is 0 Å². The second kappa shape index (κ2) is 10.4. The molecule has 1 rings (SSSR count). The number of aryl methyl sites for hydroxylation is 1. The molecule has 3 heteroatoms. The minimum absolute atomic E-state index is 0.0426. The highest BCUT2D eigenvalue weighted by Gasteiger charge is 2.11. The number of carbonyl (C=O) groups excluding carboxylic acids is 1. The molecule has 1 N–H and O–H groups in total. The molecule has 118 valence electrons. The highest BCUT2D eigenvalue weighted by molar-refractivity contribution is 5.69. The van der Waals surface area contributed by atoms with Crippen LogP contribution in [0, 0.1) is 0 Å². The van der Waals surface area contributed by atoms with Gasteiger partial charge in [-0.2, -0.15) is 0 Å². The lowest BCUT2D eigenvalue weighted by atomic mass is 10.1. The zero-order valence-corrected chi connectivity index (χ0v) is 13.3. The Morgan fingerprint density at radius 2 is 1.95 bits per heavy atom. The molecule has 1 atom stereocenters.